The van der Waals surface area contributed by atoms with E-state index in [4.69, 9.17) is 16.3 Å². The highest BCUT2D eigenvalue weighted by Crippen LogP contribution is 2.26. The largest absolute Gasteiger partial charge is 0.384 e. The lowest BCUT2D eigenvalue weighted by Crippen LogP contribution is -2.47. The molecule has 0 aromatic heterocycles. The van der Waals surface area contributed by atoms with Crippen LogP contribution in [0.2, 0.25) is 0 Å². The molecule has 0 spiro atoms. The first-order valence-corrected chi connectivity index (χ1v) is 8.81. The molecule has 19 heavy (non-hydrogen) atoms. The third-order valence-electron chi connectivity index (χ3n) is 4.00. The fourth-order valence-corrected chi connectivity index (χ4v) is 4.98. The zero-order valence-corrected chi connectivity index (χ0v) is 13.0. The molecule has 0 saturated carbocycles. The van der Waals surface area contributed by atoms with Crippen LogP contribution in [0, 0.1) is 11.8 Å². The van der Waals surface area contributed by atoms with E-state index in [1.54, 1.807) is 15.7 Å². The molecule has 0 radical (unpaired) electrons. The first-order chi connectivity index (χ1) is 9.07. The highest BCUT2D eigenvalue weighted by atomic mass is 35.5. The number of rotatable bonds is 5. The summed E-state index contributed by atoms with van der Waals surface area (Å²) in [5.74, 6) is 1.16. The van der Waals surface area contributed by atoms with Crippen molar-refractivity contribution in [2.24, 2.45) is 11.8 Å². The lowest BCUT2D eigenvalue weighted by Gasteiger charge is -2.33. The molecule has 0 aromatic rings. The molecule has 2 atom stereocenters. The number of alkyl halides is 1. The minimum Gasteiger partial charge on any atom is -0.384 e. The molecule has 5 nitrogen and oxygen atoms in total. The Kier molecular flexibility index (Phi) is 5.48. The molecule has 0 amide bonds. The first-order valence-electron chi connectivity index (χ1n) is 6.88. The monoisotopic (exact) mass is 310 g/mol. The summed E-state index contributed by atoms with van der Waals surface area (Å²) in [6, 6.07) is 0. The van der Waals surface area contributed by atoms with E-state index in [1.165, 1.54) is 0 Å². The van der Waals surface area contributed by atoms with Gasteiger partial charge in [0.2, 0.25) is 0 Å². The van der Waals surface area contributed by atoms with Crippen molar-refractivity contribution >= 4 is 21.8 Å². The van der Waals surface area contributed by atoms with E-state index in [-0.39, 0.29) is 0 Å². The van der Waals surface area contributed by atoms with Gasteiger partial charge in [0.05, 0.1) is 6.61 Å². The van der Waals surface area contributed by atoms with E-state index < -0.39 is 10.2 Å². The Morgan fingerprint density at radius 2 is 1.84 bits per heavy atom. The Labute approximate surface area is 121 Å². The molecule has 2 saturated heterocycles. The number of hydrogen-bond acceptors (Lipinski definition) is 3. The number of methoxy groups -OCH3 is 1. The molecule has 2 unspecified atom stereocenters. The minimum atomic E-state index is -3.30. The molecule has 0 aromatic carbocycles. The molecule has 112 valence electrons. The van der Waals surface area contributed by atoms with Crippen molar-refractivity contribution < 1.29 is 13.2 Å². The normalized spacial score (nSPS) is 30.8. The van der Waals surface area contributed by atoms with Crippen LogP contribution in [0.25, 0.3) is 0 Å². The number of ether oxygens (including phenoxy) is 1. The van der Waals surface area contributed by atoms with Gasteiger partial charge in [-0.05, 0) is 31.1 Å². The number of halogens is 1. The van der Waals surface area contributed by atoms with Gasteiger partial charge in [0.25, 0.3) is 10.2 Å². The van der Waals surface area contributed by atoms with Gasteiger partial charge in [-0.25, -0.2) is 0 Å². The molecule has 7 heteroatoms. The lowest BCUT2D eigenvalue weighted by atomic mass is 10.0. The average Bonchev–Trinajstić information content (AvgIpc) is 2.88. The zero-order valence-electron chi connectivity index (χ0n) is 11.4. The fourth-order valence-electron chi connectivity index (χ4n) is 2.90. The molecule has 2 heterocycles. The maximum atomic E-state index is 12.6. The van der Waals surface area contributed by atoms with Crippen molar-refractivity contribution in [3.8, 4) is 0 Å². The van der Waals surface area contributed by atoms with Gasteiger partial charge in [-0.1, -0.05) is 0 Å². The standard InChI is InChI=1S/C12H23ClN2O3S/c1-18-10-12-4-6-15(9-12)19(16,17)14-5-2-3-11(7-13)8-14/h11-12H,2-10H2,1H3. The Morgan fingerprint density at radius 1 is 1.16 bits per heavy atom. The van der Waals surface area contributed by atoms with Crippen LogP contribution in [-0.4, -0.2) is 62.8 Å². The quantitative estimate of drug-likeness (QED) is 0.716. The summed E-state index contributed by atoms with van der Waals surface area (Å²) in [5, 5.41) is 0. The van der Waals surface area contributed by atoms with E-state index in [1.807, 2.05) is 0 Å². The second kappa shape index (κ2) is 6.72. The van der Waals surface area contributed by atoms with Gasteiger partial charge < -0.3 is 4.74 Å². The van der Waals surface area contributed by atoms with Crippen LogP contribution in [0.15, 0.2) is 0 Å². The fraction of sp³-hybridized carbons (Fsp3) is 1.00. The van der Waals surface area contributed by atoms with Crippen molar-refractivity contribution in [1.29, 1.82) is 0 Å². The van der Waals surface area contributed by atoms with Gasteiger partial charge in [-0.2, -0.15) is 17.0 Å². The van der Waals surface area contributed by atoms with Gasteiger partial charge in [-0.3, -0.25) is 0 Å². The molecular formula is C12H23ClN2O3S. The van der Waals surface area contributed by atoms with Crippen molar-refractivity contribution in [2.45, 2.75) is 19.3 Å². The van der Waals surface area contributed by atoms with E-state index in [2.05, 4.69) is 0 Å². The van der Waals surface area contributed by atoms with Crippen LogP contribution in [0.5, 0.6) is 0 Å². The third-order valence-corrected chi connectivity index (χ3v) is 6.41. The molecule has 0 aliphatic carbocycles. The highest BCUT2D eigenvalue weighted by Gasteiger charge is 2.37. The second-order valence-electron chi connectivity index (χ2n) is 5.50. The maximum absolute atomic E-state index is 12.6. The predicted octanol–water partition coefficient (Wildman–Crippen LogP) is 1.15. The van der Waals surface area contributed by atoms with Crippen LogP contribution >= 0.6 is 11.6 Å². The molecular weight excluding hydrogens is 288 g/mol. The van der Waals surface area contributed by atoms with E-state index in [0.717, 1.165) is 19.3 Å². The molecule has 2 aliphatic heterocycles. The number of hydrogen-bond donors (Lipinski definition) is 0. The topological polar surface area (TPSA) is 49.9 Å². The van der Waals surface area contributed by atoms with Crippen molar-refractivity contribution in [2.75, 3.05) is 45.8 Å². The van der Waals surface area contributed by atoms with Crippen LogP contribution in [0.4, 0.5) is 0 Å². The molecule has 2 rings (SSSR count). The van der Waals surface area contributed by atoms with Gasteiger partial charge in [0, 0.05) is 39.2 Å². The molecule has 2 aliphatic rings. The highest BCUT2D eigenvalue weighted by molar-refractivity contribution is 7.86. The summed E-state index contributed by atoms with van der Waals surface area (Å²) in [6.45, 7) is 3.02. The summed E-state index contributed by atoms with van der Waals surface area (Å²) in [5.41, 5.74) is 0. The summed E-state index contributed by atoms with van der Waals surface area (Å²) >= 11 is 5.87. The predicted molar refractivity (Wildman–Crippen MR) is 75.5 cm³/mol. The zero-order chi connectivity index (χ0) is 13.9. The number of piperidine rings is 1. The maximum Gasteiger partial charge on any atom is 0.281 e. The van der Waals surface area contributed by atoms with Crippen LogP contribution in [0.3, 0.4) is 0 Å². The van der Waals surface area contributed by atoms with Gasteiger partial charge in [-0.15, -0.1) is 11.6 Å². The molecule has 0 N–H and O–H groups in total. The molecule has 0 bridgehead atoms. The van der Waals surface area contributed by atoms with Crippen LogP contribution in [0.1, 0.15) is 19.3 Å². The van der Waals surface area contributed by atoms with E-state index >= 15 is 0 Å². The lowest BCUT2D eigenvalue weighted by molar-refractivity contribution is 0.157. The van der Waals surface area contributed by atoms with Crippen LogP contribution in [-0.2, 0) is 14.9 Å². The van der Waals surface area contributed by atoms with Gasteiger partial charge >= 0.3 is 0 Å². The van der Waals surface area contributed by atoms with Crippen molar-refractivity contribution in [3.05, 3.63) is 0 Å². The Morgan fingerprint density at radius 3 is 2.53 bits per heavy atom. The first kappa shape index (κ1) is 15.5. The van der Waals surface area contributed by atoms with Crippen molar-refractivity contribution in [1.82, 2.24) is 8.61 Å². The third kappa shape index (κ3) is 3.61. The van der Waals surface area contributed by atoms with Gasteiger partial charge in [0.15, 0.2) is 0 Å². The SMILES string of the molecule is COCC1CCN(S(=O)(=O)N2CCCC(CCl)C2)C1. The Hall–Kier alpha value is 0.120. The number of nitrogens with zero attached hydrogens (tertiary/aromatic N) is 2. The molecule has 2 fully saturated rings. The summed E-state index contributed by atoms with van der Waals surface area (Å²) in [4.78, 5) is 0. The Balaban J connectivity index is 1.98. The summed E-state index contributed by atoms with van der Waals surface area (Å²) in [6.07, 6.45) is 2.83. The second-order valence-corrected chi connectivity index (χ2v) is 7.73. The average molecular weight is 311 g/mol. The van der Waals surface area contributed by atoms with Crippen molar-refractivity contribution in [3.63, 3.8) is 0 Å². The van der Waals surface area contributed by atoms with E-state index in [9.17, 15) is 8.42 Å². The smallest absolute Gasteiger partial charge is 0.281 e. The van der Waals surface area contributed by atoms with Crippen LogP contribution < -0.4 is 0 Å². The minimum absolute atomic E-state index is 0.294. The summed E-state index contributed by atoms with van der Waals surface area (Å²) < 4.78 is 33.5. The Bertz CT molecular complexity index is 390. The van der Waals surface area contributed by atoms with Gasteiger partial charge in [0.1, 0.15) is 0 Å². The van der Waals surface area contributed by atoms with E-state index in [0.29, 0.717) is 50.5 Å². The summed E-state index contributed by atoms with van der Waals surface area (Å²) in [7, 11) is -1.64.